The third kappa shape index (κ3) is 4.03. The fourth-order valence-electron chi connectivity index (χ4n) is 5.02. The van der Waals surface area contributed by atoms with E-state index in [2.05, 4.69) is 51.5 Å². The predicted molar refractivity (Wildman–Crippen MR) is 128 cm³/mol. The summed E-state index contributed by atoms with van der Waals surface area (Å²) in [4.78, 5) is 18.2. The van der Waals surface area contributed by atoms with Crippen LogP contribution in [0.4, 0.5) is 11.4 Å². The summed E-state index contributed by atoms with van der Waals surface area (Å²) in [5.74, 6) is 0.893. The second-order valence-corrected chi connectivity index (χ2v) is 8.55. The maximum absolute atomic E-state index is 13.4. The van der Waals surface area contributed by atoms with Crippen molar-refractivity contribution in [2.45, 2.75) is 19.0 Å². The zero-order valence-corrected chi connectivity index (χ0v) is 18.4. The molecular weight excluding hydrogens is 398 g/mol. The Morgan fingerprint density at radius 3 is 2.66 bits per heavy atom. The molecule has 0 aromatic heterocycles. The molecule has 5 rings (SSSR count). The second-order valence-electron chi connectivity index (χ2n) is 8.55. The molecule has 0 radical (unpaired) electrons. The topological polar surface area (TPSA) is 44.8 Å². The van der Waals surface area contributed by atoms with Gasteiger partial charge in [0.2, 0.25) is 5.91 Å². The number of ether oxygens (including phenoxy) is 1. The number of amides is 1. The Hall–Kier alpha value is -3.47. The Labute approximate surface area is 189 Å². The molecular formula is C27H29N3O2. The lowest BCUT2D eigenvalue weighted by Crippen LogP contribution is -2.61. The first kappa shape index (κ1) is 20.4. The number of piperazine rings is 1. The van der Waals surface area contributed by atoms with Gasteiger partial charge in [-0.25, -0.2) is 0 Å². The summed E-state index contributed by atoms with van der Waals surface area (Å²) in [6.45, 7) is 3.17. The van der Waals surface area contributed by atoms with E-state index in [9.17, 15) is 4.79 Å². The maximum atomic E-state index is 13.4. The highest BCUT2D eigenvalue weighted by atomic mass is 16.5. The molecule has 32 heavy (non-hydrogen) atoms. The van der Waals surface area contributed by atoms with Crippen LogP contribution in [0.25, 0.3) is 0 Å². The van der Waals surface area contributed by atoms with Crippen molar-refractivity contribution in [2.75, 3.05) is 36.5 Å². The SMILES string of the molecule is COc1cccc(N2CCN3c4ccccc4C[C@H](C(=O)NCc4ccccc4)[C@@H]3C2)c1. The van der Waals surface area contributed by atoms with Crippen molar-refractivity contribution >= 4 is 17.3 Å². The number of carbonyl (C=O) groups excluding carboxylic acids is 1. The first-order chi connectivity index (χ1) is 15.7. The monoisotopic (exact) mass is 427 g/mol. The predicted octanol–water partition coefficient (Wildman–Crippen LogP) is 3.88. The number of anilines is 2. The number of nitrogens with one attached hydrogen (secondary N) is 1. The Morgan fingerprint density at radius 2 is 1.81 bits per heavy atom. The van der Waals surface area contributed by atoms with Crippen molar-refractivity contribution in [1.82, 2.24) is 5.32 Å². The number of para-hydroxylation sites is 1. The zero-order valence-electron chi connectivity index (χ0n) is 18.4. The minimum absolute atomic E-state index is 0.0954. The van der Waals surface area contributed by atoms with E-state index < -0.39 is 0 Å². The summed E-state index contributed by atoms with van der Waals surface area (Å²) < 4.78 is 5.43. The molecule has 1 saturated heterocycles. The van der Waals surface area contributed by atoms with Gasteiger partial charge in [-0.3, -0.25) is 4.79 Å². The number of carbonyl (C=O) groups is 1. The first-order valence-corrected chi connectivity index (χ1v) is 11.3. The van der Waals surface area contributed by atoms with Crippen molar-refractivity contribution in [2.24, 2.45) is 5.92 Å². The van der Waals surface area contributed by atoms with Gasteiger partial charge in [-0.05, 0) is 35.7 Å². The van der Waals surface area contributed by atoms with Gasteiger partial charge in [-0.1, -0.05) is 54.6 Å². The average molecular weight is 428 g/mol. The van der Waals surface area contributed by atoms with Crippen LogP contribution < -0.4 is 19.9 Å². The van der Waals surface area contributed by atoms with Gasteiger partial charge in [0.15, 0.2) is 0 Å². The van der Waals surface area contributed by atoms with Gasteiger partial charge in [-0.15, -0.1) is 0 Å². The summed E-state index contributed by atoms with van der Waals surface area (Å²) in [5, 5.41) is 3.20. The van der Waals surface area contributed by atoms with Gasteiger partial charge in [0.05, 0.1) is 19.1 Å². The number of hydrogen-bond donors (Lipinski definition) is 1. The molecule has 1 amide bonds. The Kier molecular flexibility index (Phi) is 5.71. The molecule has 2 heterocycles. The van der Waals surface area contributed by atoms with Gasteiger partial charge < -0.3 is 19.9 Å². The number of methoxy groups -OCH3 is 1. The number of benzene rings is 3. The molecule has 0 aliphatic carbocycles. The summed E-state index contributed by atoms with van der Waals surface area (Å²) in [6.07, 6.45) is 0.768. The largest absolute Gasteiger partial charge is 0.497 e. The molecule has 0 saturated carbocycles. The highest BCUT2D eigenvalue weighted by molar-refractivity contribution is 5.82. The quantitative estimate of drug-likeness (QED) is 0.671. The lowest BCUT2D eigenvalue weighted by atomic mass is 9.83. The highest BCUT2D eigenvalue weighted by Crippen LogP contribution is 2.37. The third-order valence-electron chi connectivity index (χ3n) is 6.69. The molecule has 2 aliphatic heterocycles. The molecule has 5 nitrogen and oxygen atoms in total. The molecule has 5 heteroatoms. The van der Waals surface area contributed by atoms with Gasteiger partial charge in [0.25, 0.3) is 0 Å². The fourth-order valence-corrected chi connectivity index (χ4v) is 5.02. The van der Waals surface area contributed by atoms with Crippen LogP contribution in [-0.2, 0) is 17.8 Å². The normalized spacial score (nSPS) is 19.7. The van der Waals surface area contributed by atoms with Crippen LogP contribution >= 0.6 is 0 Å². The van der Waals surface area contributed by atoms with E-state index in [1.54, 1.807) is 7.11 Å². The van der Waals surface area contributed by atoms with Crippen LogP contribution in [0, 0.1) is 5.92 Å². The molecule has 164 valence electrons. The number of fused-ring (bicyclic) bond motifs is 3. The van der Waals surface area contributed by atoms with E-state index in [0.717, 1.165) is 43.1 Å². The summed E-state index contributed by atoms with van der Waals surface area (Å²) in [7, 11) is 1.70. The molecule has 0 spiro atoms. The minimum Gasteiger partial charge on any atom is -0.497 e. The van der Waals surface area contributed by atoms with Gasteiger partial charge in [0.1, 0.15) is 5.75 Å². The summed E-state index contributed by atoms with van der Waals surface area (Å²) in [6, 6.07) is 27.0. The first-order valence-electron chi connectivity index (χ1n) is 11.3. The van der Waals surface area contributed by atoms with Gasteiger partial charge in [0, 0.05) is 43.6 Å². The lowest BCUT2D eigenvalue weighted by molar-refractivity contribution is -0.126. The van der Waals surface area contributed by atoms with Crippen LogP contribution in [0.2, 0.25) is 0 Å². The number of hydrogen-bond acceptors (Lipinski definition) is 4. The molecule has 2 aliphatic rings. The molecule has 0 bridgehead atoms. The van der Waals surface area contributed by atoms with Gasteiger partial charge >= 0.3 is 0 Å². The average Bonchev–Trinajstić information content (AvgIpc) is 2.87. The summed E-state index contributed by atoms with van der Waals surface area (Å²) in [5.41, 5.74) is 4.80. The van der Waals surface area contributed by atoms with Crippen molar-refractivity contribution in [3.05, 3.63) is 90.0 Å². The molecule has 1 fully saturated rings. The van der Waals surface area contributed by atoms with Crippen molar-refractivity contribution in [1.29, 1.82) is 0 Å². The van der Waals surface area contributed by atoms with E-state index in [4.69, 9.17) is 4.74 Å². The van der Waals surface area contributed by atoms with E-state index in [1.165, 1.54) is 11.3 Å². The Bertz CT molecular complexity index is 1090. The van der Waals surface area contributed by atoms with Crippen molar-refractivity contribution in [3.8, 4) is 5.75 Å². The minimum atomic E-state index is -0.0954. The van der Waals surface area contributed by atoms with Crippen LogP contribution in [0.15, 0.2) is 78.9 Å². The van der Waals surface area contributed by atoms with E-state index in [-0.39, 0.29) is 17.9 Å². The molecule has 3 aromatic carbocycles. The van der Waals surface area contributed by atoms with E-state index in [0.29, 0.717) is 6.54 Å². The third-order valence-corrected chi connectivity index (χ3v) is 6.69. The van der Waals surface area contributed by atoms with Crippen LogP contribution in [0.3, 0.4) is 0 Å². The van der Waals surface area contributed by atoms with Crippen LogP contribution in [0.5, 0.6) is 5.75 Å². The van der Waals surface area contributed by atoms with Crippen molar-refractivity contribution in [3.63, 3.8) is 0 Å². The van der Waals surface area contributed by atoms with E-state index >= 15 is 0 Å². The molecule has 3 aromatic rings. The van der Waals surface area contributed by atoms with Crippen molar-refractivity contribution < 1.29 is 9.53 Å². The van der Waals surface area contributed by atoms with E-state index in [1.807, 2.05) is 42.5 Å². The van der Waals surface area contributed by atoms with Crippen LogP contribution in [-0.4, -0.2) is 38.7 Å². The molecule has 2 atom stereocenters. The second kappa shape index (κ2) is 8.95. The smallest absolute Gasteiger partial charge is 0.225 e. The molecule has 0 unspecified atom stereocenters. The lowest BCUT2D eigenvalue weighted by Gasteiger charge is -2.49. The fraction of sp³-hybridized carbons (Fsp3) is 0.296. The Balaban J connectivity index is 1.40. The summed E-state index contributed by atoms with van der Waals surface area (Å²) >= 11 is 0. The zero-order chi connectivity index (χ0) is 21.9. The Morgan fingerprint density at radius 1 is 1.00 bits per heavy atom. The number of nitrogens with zero attached hydrogens (tertiary/aromatic N) is 2. The number of rotatable bonds is 5. The standard InChI is InChI=1S/C27H29N3O2/c1-32-23-12-7-11-22(17-23)29-14-15-30-25-13-6-5-10-21(25)16-24(26(30)19-29)27(31)28-18-20-8-3-2-4-9-20/h2-13,17,24,26H,14-16,18-19H2,1H3,(H,28,31)/t24-,26-/m0/s1. The van der Waals surface area contributed by atoms with Gasteiger partial charge in [-0.2, -0.15) is 0 Å². The van der Waals surface area contributed by atoms with Crippen LogP contribution in [0.1, 0.15) is 11.1 Å². The highest BCUT2D eigenvalue weighted by Gasteiger charge is 2.41. The molecule has 1 N–H and O–H groups in total. The maximum Gasteiger partial charge on any atom is 0.225 e.